The fraction of sp³-hybridized carbons (Fsp3) is 0.111. The number of aryl methyl sites for hydroxylation is 6. The molecule has 8 aromatic carbocycles. The molecule has 8 rings (SSSR count). The molecule has 0 aliphatic heterocycles. The number of hydrogen-bond acceptors (Lipinski definition) is 2. The molecule has 8 aromatic rings. The SMILES string of the molecule is Cc1ccc(N(c2cc(C)c(-c3c(C)cc(N(c4ccc(C)cc4)c4ccccc4-c4ccccc4)cc3C)c(C)c2)c2ccccc2-c2ccccc2)cc1. The summed E-state index contributed by atoms with van der Waals surface area (Å²) in [4.78, 5) is 4.83. The Morgan fingerprint density at radius 2 is 0.589 bits per heavy atom. The van der Waals surface area contributed by atoms with Gasteiger partial charge in [0, 0.05) is 33.9 Å². The summed E-state index contributed by atoms with van der Waals surface area (Å²) in [6.07, 6.45) is 0. The predicted octanol–water partition coefficient (Wildman–Crippen LogP) is 15.5. The second-order valence-corrected chi connectivity index (χ2v) is 15.0. The monoisotopic (exact) mass is 724 g/mol. The molecule has 0 bridgehead atoms. The highest BCUT2D eigenvalue weighted by Crippen LogP contribution is 2.46. The van der Waals surface area contributed by atoms with Crippen molar-refractivity contribution >= 4 is 34.1 Å². The van der Waals surface area contributed by atoms with Crippen LogP contribution in [-0.4, -0.2) is 0 Å². The van der Waals surface area contributed by atoms with Crippen LogP contribution in [0.4, 0.5) is 34.1 Å². The van der Waals surface area contributed by atoms with E-state index in [0.717, 1.165) is 34.1 Å². The third-order valence-electron chi connectivity index (χ3n) is 10.8. The molecule has 0 radical (unpaired) electrons. The zero-order valence-corrected chi connectivity index (χ0v) is 33.2. The average Bonchev–Trinajstić information content (AvgIpc) is 3.21. The molecule has 0 aromatic heterocycles. The number of hydrogen-bond donors (Lipinski definition) is 0. The Morgan fingerprint density at radius 1 is 0.286 bits per heavy atom. The summed E-state index contributed by atoms with van der Waals surface area (Å²) in [6.45, 7) is 13.4. The van der Waals surface area contributed by atoms with E-state index in [1.807, 2.05) is 0 Å². The zero-order valence-electron chi connectivity index (χ0n) is 33.2. The lowest BCUT2D eigenvalue weighted by molar-refractivity contribution is 1.23. The summed E-state index contributed by atoms with van der Waals surface area (Å²) in [6, 6.07) is 66.1. The molecule has 0 aliphatic rings. The van der Waals surface area contributed by atoms with E-state index in [1.54, 1.807) is 0 Å². The predicted molar refractivity (Wildman–Crippen MR) is 241 cm³/mol. The molecule has 0 saturated carbocycles. The van der Waals surface area contributed by atoms with Crippen LogP contribution < -0.4 is 9.80 Å². The Hall–Kier alpha value is -6.64. The van der Waals surface area contributed by atoms with Crippen molar-refractivity contribution in [3.63, 3.8) is 0 Å². The van der Waals surface area contributed by atoms with Gasteiger partial charge in [0.2, 0.25) is 0 Å². The summed E-state index contributed by atoms with van der Waals surface area (Å²) < 4.78 is 0. The van der Waals surface area contributed by atoms with E-state index < -0.39 is 0 Å². The minimum absolute atomic E-state index is 1.13. The fourth-order valence-corrected chi connectivity index (χ4v) is 8.23. The average molecular weight is 725 g/mol. The molecule has 0 aliphatic carbocycles. The largest absolute Gasteiger partial charge is 0.310 e. The van der Waals surface area contributed by atoms with Gasteiger partial charge >= 0.3 is 0 Å². The van der Waals surface area contributed by atoms with Crippen LogP contribution in [0.2, 0.25) is 0 Å². The van der Waals surface area contributed by atoms with Gasteiger partial charge in [0.05, 0.1) is 11.4 Å². The van der Waals surface area contributed by atoms with E-state index in [1.165, 1.54) is 66.8 Å². The quantitative estimate of drug-likeness (QED) is 0.146. The maximum Gasteiger partial charge on any atom is 0.0540 e. The van der Waals surface area contributed by atoms with E-state index >= 15 is 0 Å². The third-order valence-corrected chi connectivity index (χ3v) is 10.8. The first-order valence-corrected chi connectivity index (χ1v) is 19.5. The Bertz CT molecular complexity index is 2390. The molecule has 0 amide bonds. The molecule has 0 spiro atoms. The Kier molecular flexibility index (Phi) is 10.1. The van der Waals surface area contributed by atoms with Crippen LogP contribution in [0.3, 0.4) is 0 Å². The van der Waals surface area contributed by atoms with Crippen LogP contribution in [0.25, 0.3) is 33.4 Å². The minimum Gasteiger partial charge on any atom is -0.310 e. The topological polar surface area (TPSA) is 6.48 Å². The molecular formula is C54H48N2. The van der Waals surface area contributed by atoms with E-state index in [-0.39, 0.29) is 0 Å². The number of para-hydroxylation sites is 2. The second kappa shape index (κ2) is 15.6. The molecule has 0 fully saturated rings. The first kappa shape index (κ1) is 36.3. The normalized spacial score (nSPS) is 11.0. The maximum absolute atomic E-state index is 2.41. The van der Waals surface area contributed by atoms with Gasteiger partial charge in [-0.25, -0.2) is 0 Å². The standard InChI is InChI=1S/C54H48N2/c1-37-25-29-45(30-26-37)55(51-23-15-13-21-49(51)43-17-9-7-10-18-43)47-33-39(3)53(40(4)34-47)54-41(5)35-48(36-42(54)6)56(46-31-27-38(2)28-32-46)52-24-16-14-22-50(52)44-19-11-8-12-20-44/h7-36H,1-6H3. The minimum atomic E-state index is 1.13. The Labute approximate surface area is 333 Å². The van der Waals surface area contributed by atoms with Gasteiger partial charge in [-0.3, -0.25) is 0 Å². The number of benzene rings is 8. The van der Waals surface area contributed by atoms with Crippen LogP contribution in [0, 0.1) is 41.5 Å². The highest BCUT2D eigenvalue weighted by atomic mass is 15.2. The highest BCUT2D eigenvalue weighted by Gasteiger charge is 2.23. The molecule has 274 valence electrons. The van der Waals surface area contributed by atoms with E-state index in [9.17, 15) is 0 Å². The summed E-state index contributed by atoms with van der Waals surface area (Å²) in [5.41, 5.74) is 21.7. The van der Waals surface area contributed by atoms with Crippen molar-refractivity contribution in [2.24, 2.45) is 0 Å². The highest BCUT2D eigenvalue weighted by molar-refractivity contribution is 5.92. The molecule has 0 unspecified atom stereocenters. The first-order valence-electron chi connectivity index (χ1n) is 19.5. The van der Waals surface area contributed by atoms with Crippen molar-refractivity contribution in [3.8, 4) is 33.4 Å². The van der Waals surface area contributed by atoms with Crippen LogP contribution in [0.15, 0.2) is 182 Å². The fourth-order valence-electron chi connectivity index (χ4n) is 8.23. The van der Waals surface area contributed by atoms with Gasteiger partial charge in [0.1, 0.15) is 0 Å². The van der Waals surface area contributed by atoms with Gasteiger partial charge in [-0.2, -0.15) is 0 Å². The van der Waals surface area contributed by atoms with Crippen molar-refractivity contribution in [1.82, 2.24) is 0 Å². The van der Waals surface area contributed by atoms with Gasteiger partial charge < -0.3 is 9.80 Å². The lowest BCUT2D eigenvalue weighted by atomic mass is 9.88. The molecule has 0 N–H and O–H groups in total. The molecule has 0 heterocycles. The van der Waals surface area contributed by atoms with Gasteiger partial charge in [-0.1, -0.05) is 132 Å². The van der Waals surface area contributed by atoms with Crippen LogP contribution >= 0.6 is 0 Å². The second-order valence-electron chi connectivity index (χ2n) is 15.0. The van der Waals surface area contributed by atoms with Crippen molar-refractivity contribution in [1.29, 1.82) is 0 Å². The first-order chi connectivity index (χ1) is 27.3. The number of nitrogens with zero attached hydrogens (tertiary/aromatic N) is 2. The number of anilines is 6. The van der Waals surface area contributed by atoms with Crippen LogP contribution in [-0.2, 0) is 0 Å². The van der Waals surface area contributed by atoms with E-state index in [4.69, 9.17) is 0 Å². The maximum atomic E-state index is 2.41. The zero-order chi connectivity index (χ0) is 38.8. The molecule has 2 heteroatoms. The van der Waals surface area contributed by atoms with Crippen LogP contribution in [0.1, 0.15) is 33.4 Å². The third kappa shape index (κ3) is 7.14. The molecule has 0 saturated heterocycles. The lowest BCUT2D eigenvalue weighted by Gasteiger charge is -2.30. The van der Waals surface area contributed by atoms with Gasteiger partial charge in [-0.15, -0.1) is 0 Å². The molecular weight excluding hydrogens is 677 g/mol. The van der Waals surface area contributed by atoms with Crippen molar-refractivity contribution in [3.05, 3.63) is 215 Å². The van der Waals surface area contributed by atoms with Crippen molar-refractivity contribution < 1.29 is 0 Å². The molecule has 0 atom stereocenters. The molecule has 56 heavy (non-hydrogen) atoms. The number of rotatable bonds is 9. The van der Waals surface area contributed by atoms with Crippen molar-refractivity contribution in [2.75, 3.05) is 9.80 Å². The Balaban J connectivity index is 1.26. The van der Waals surface area contributed by atoms with Gasteiger partial charge in [0.25, 0.3) is 0 Å². The summed E-state index contributed by atoms with van der Waals surface area (Å²) in [5.74, 6) is 0. The smallest absolute Gasteiger partial charge is 0.0540 e. The summed E-state index contributed by atoms with van der Waals surface area (Å²) in [5, 5.41) is 0. The molecule has 2 nitrogen and oxygen atoms in total. The summed E-state index contributed by atoms with van der Waals surface area (Å²) >= 11 is 0. The Morgan fingerprint density at radius 3 is 0.929 bits per heavy atom. The van der Waals surface area contributed by atoms with Crippen LogP contribution in [0.5, 0.6) is 0 Å². The van der Waals surface area contributed by atoms with Gasteiger partial charge in [-0.05, 0) is 147 Å². The van der Waals surface area contributed by atoms with E-state index in [0.29, 0.717) is 0 Å². The van der Waals surface area contributed by atoms with E-state index in [2.05, 4.69) is 233 Å². The van der Waals surface area contributed by atoms with Crippen molar-refractivity contribution in [2.45, 2.75) is 41.5 Å². The summed E-state index contributed by atoms with van der Waals surface area (Å²) in [7, 11) is 0. The lowest BCUT2D eigenvalue weighted by Crippen LogP contribution is -2.13. The van der Waals surface area contributed by atoms with Gasteiger partial charge in [0.15, 0.2) is 0 Å².